The van der Waals surface area contributed by atoms with Crippen LogP contribution >= 0.6 is 24.0 Å². The number of rotatable bonds is 3. The summed E-state index contributed by atoms with van der Waals surface area (Å²) >= 11 is 6.64. The molecule has 1 rings (SSSR count). The second-order valence-corrected chi connectivity index (χ2v) is 4.50. The van der Waals surface area contributed by atoms with Gasteiger partial charge >= 0.3 is 0 Å². The molecule has 1 aromatic carbocycles. The lowest BCUT2D eigenvalue weighted by Crippen LogP contribution is -2.37. The minimum absolute atomic E-state index is 0.157. The first-order valence-corrected chi connectivity index (χ1v) is 6.43. The van der Waals surface area contributed by atoms with Gasteiger partial charge in [0, 0.05) is 18.4 Å². The van der Waals surface area contributed by atoms with E-state index in [0.29, 0.717) is 11.7 Å². The predicted octanol–water partition coefficient (Wildman–Crippen LogP) is 1.92. The largest absolute Gasteiger partial charge is 0.358 e. The molecule has 0 aliphatic heterocycles. The highest BCUT2D eigenvalue weighted by atomic mass is 32.2. The summed E-state index contributed by atoms with van der Waals surface area (Å²) < 4.78 is 0. The van der Waals surface area contributed by atoms with E-state index < -0.39 is 0 Å². The maximum Gasteiger partial charge on any atom is 0.222 e. The quantitative estimate of drug-likeness (QED) is 0.639. The number of hydrogen-bond acceptors (Lipinski definition) is 3. The molecule has 3 nitrogen and oxygen atoms in total. The van der Waals surface area contributed by atoms with E-state index in [9.17, 15) is 4.79 Å². The molecule has 1 amide bonds. The molecule has 16 heavy (non-hydrogen) atoms. The Morgan fingerprint density at radius 3 is 2.50 bits per heavy atom. The van der Waals surface area contributed by atoms with Crippen LogP contribution < -0.4 is 10.6 Å². The van der Waals surface area contributed by atoms with E-state index in [1.165, 1.54) is 11.8 Å². The Morgan fingerprint density at radius 2 is 2.00 bits per heavy atom. The normalized spacial score (nSPS) is 9.62. The van der Waals surface area contributed by atoms with Gasteiger partial charge in [0.1, 0.15) is 0 Å². The molecule has 5 heteroatoms. The van der Waals surface area contributed by atoms with Gasteiger partial charge in [0.05, 0.1) is 0 Å². The number of carbonyl (C=O) groups is 1. The fraction of sp³-hybridized carbons (Fsp3) is 0.273. The lowest BCUT2D eigenvalue weighted by atomic mass is 10.2. The molecule has 0 aliphatic carbocycles. The monoisotopic (exact) mass is 254 g/mol. The van der Waals surface area contributed by atoms with Crippen molar-refractivity contribution in [2.45, 2.75) is 18.4 Å². The Hall–Kier alpha value is -1.07. The summed E-state index contributed by atoms with van der Waals surface area (Å²) in [7, 11) is 0. The lowest BCUT2D eigenvalue weighted by Gasteiger charge is -2.08. The van der Waals surface area contributed by atoms with Crippen molar-refractivity contribution in [3.8, 4) is 0 Å². The van der Waals surface area contributed by atoms with E-state index in [4.69, 9.17) is 12.2 Å². The Kier molecular flexibility index (Phi) is 5.28. The van der Waals surface area contributed by atoms with Crippen LogP contribution in [-0.2, 0) is 11.3 Å². The molecule has 0 saturated carbocycles. The Labute approximate surface area is 105 Å². The van der Waals surface area contributed by atoms with Crippen LogP contribution in [0, 0.1) is 0 Å². The zero-order valence-corrected chi connectivity index (χ0v) is 10.9. The van der Waals surface area contributed by atoms with Crippen LogP contribution in [0.5, 0.6) is 0 Å². The van der Waals surface area contributed by atoms with Gasteiger partial charge in [-0.15, -0.1) is 11.8 Å². The van der Waals surface area contributed by atoms with Gasteiger partial charge in [-0.3, -0.25) is 4.79 Å². The summed E-state index contributed by atoms with van der Waals surface area (Å²) in [5.74, 6) is -0.157. The average molecular weight is 254 g/mol. The Morgan fingerprint density at radius 1 is 1.38 bits per heavy atom. The minimum atomic E-state index is -0.157. The third-order valence-electron chi connectivity index (χ3n) is 1.90. The van der Waals surface area contributed by atoms with Gasteiger partial charge in [-0.05, 0) is 36.2 Å². The first-order valence-electron chi connectivity index (χ1n) is 4.80. The van der Waals surface area contributed by atoms with Crippen molar-refractivity contribution in [1.82, 2.24) is 10.6 Å². The first kappa shape index (κ1) is 13.0. The third-order valence-corrected chi connectivity index (χ3v) is 2.89. The van der Waals surface area contributed by atoms with Crippen molar-refractivity contribution in [2.24, 2.45) is 0 Å². The average Bonchev–Trinajstić information content (AvgIpc) is 2.26. The van der Waals surface area contributed by atoms with Gasteiger partial charge in [-0.1, -0.05) is 12.1 Å². The smallest absolute Gasteiger partial charge is 0.222 e. The molecule has 0 spiro atoms. The molecule has 0 aliphatic rings. The van der Waals surface area contributed by atoms with Crippen molar-refractivity contribution in [1.29, 1.82) is 0 Å². The number of carbonyl (C=O) groups excluding carboxylic acids is 1. The number of nitrogens with one attached hydrogen (secondary N) is 2. The molecular weight excluding hydrogens is 240 g/mol. The predicted molar refractivity (Wildman–Crippen MR) is 71.5 cm³/mol. The van der Waals surface area contributed by atoms with Crippen molar-refractivity contribution in [2.75, 3.05) is 6.26 Å². The molecular formula is C11H14N2OS2. The highest BCUT2D eigenvalue weighted by Crippen LogP contribution is 2.14. The third kappa shape index (κ3) is 4.63. The molecule has 0 aromatic heterocycles. The molecule has 1 aromatic rings. The number of hydrogen-bond donors (Lipinski definition) is 2. The fourth-order valence-electron chi connectivity index (χ4n) is 1.13. The van der Waals surface area contributed by atoms with E-state index >= 15 is 0 Å². The molecule has 0 radical (unpaired) electrons. The molecule has 0 heterocycles. The van der Waals surface area contributed by atoms with Crippen LogP contribution in [0.4, 0.5) is 0 Å². The zero-order valence-electron chi connectivity index (χ0n) is 9.24. The zero-order chi connectivity index (χ0) is 12.0. The van der Waals surface area contributed by atoms with Crippen LogP contribution in [0.25, 0.3) is 0 Å². The number of thiocarbonyl (C=S) groups is 1. The minimum Gasteiger partial charge on any atom is -0.358 e. The van der Waals surface area contributed by atoms with Gasteiger partial charge in [0.25, 0.3) is 0 Å². The Bertz CT molecular complexity index is 376. The van der Waals surface area contributed by atoms with Crippen molar-refractivity contribution in [3.05, 3.63) is 29.8 Å². The second kappa shape index (κ2) is 6.50. The molecule has 86 valence electrons. The summed E-state index contributed by atoms with van der Waals surface area (Å²) in [5, 5.41) is 5.84. The van der Waals surface area contributed by atoms with Crippen LogP contribution in [0.1, 0.15) is 12.5 Å². The highest BCUT2D eigenvalue weighted by Gasteiger charge is 1.98. The lowest BCUT2D eigenvalue weighted by molar-refractivity contribution is -0.117. The van der Waals surface area contributed by atoms with E-state index in [-0.39, 0.29) is 5.91 Å². The molecule has 0 bridgehead atoms. The van der Waals surface area contributed by atoms with Crippen LogP contribution in [0.3, 0.4) is 0 Å². The number of benzene rings is 1. The van der Waals surface area contributed by atoms with E-state index in [2.05, 4.69) is 22.8 Å². The molecule has 0 unspecified atom stereocenters. The summed E-state index contributed by atoms with van der Waals surface area (Å²) in [6.07, 6.45) is 2.04. The van der Waals surface area contributed by atoms with E-state index in [0.717, 1.165) is 5.56 Å². The molecule has 0 atom stereocenters. The van der Waals surface area contributed by atoms with Crippen molar-refractivity contribution >= 4 is 35.0 Å². The maximum atomic E-state index is 10.7. The molecule has 2 N–H and O–H groups in total. The highest BCUT2D eigenvalue weighted by molar-refractivity contribution is 7.98. The van der Waals surface area contributed by atoms with Gasteiger partial charge in [0.15, 0.2) is 5.11 Å². The summed E-state index contributed by atoms with van der Waals surface area (Å²) in [6, 6.07) is 8.19. The van der Waals surface area contributed by atoms with Gasteiger partial charge < -0.3 is 10.6 Å². The Balaban J connectivity index is 2.42. The van der Waals surface area contributed by atoms with Crippen LogP contribution in [-0.4, -0.2) is 17.3 Å². The molecule has 0 saturated heterocycles. The second-order valence-electron chi connectivity index (χ2n) is 3.21. The van der Waals surface area contributed by atoms with Crippen LogP contribution in [0.15, 0.2) is 29.2 Å². The van der Waals surface area contributed by atoms with E-state index in [1.807, 2.05) is 18.4 Å². The molecule has 0 fully saturated rings. The standard InChI is InChI=1S/C11H14N2OS2/c1-8(14)13-11(15)12-7-9-3-5-10(16-2)6-4-9/h3-6H,7H2,1-2H3,(H2,12,13,14,15). The maximum absolute atomic E-state index is 10.7. The van der Waals surface area contributed by atoms with Gasteiger partial charge in [0.2, 0.25) is 5.91 Å². The summed E-state index contributed by atoms with van der Waals surface area (Å²) in [5.41, 5.74) is 1.13. The van der Waals surface area contributed by atoms with Gasteiger partial charge in [-0.25, -0.2) is 0 Å². The van der Waals surface area contributed by atoms with Crippen molar-refractivity contribution < 1.29 is 4.79 Å². The summed E-state index contributed by atoms with van der Waals surface area (Å²) in [4.78, 5) is 11.9. The van der Waals surface area contributed by atoms with Gasteiger partial charge in [-0.2, -0.15) is 0 Å². The first-order chi connectivity index (χ1) is 7.61. The van der Waals surface area contributed by atoms with E-state index in [1.54, 1.807) is 11.8 Å². The summed E-state index contributed by atoms with van der Waals surface area (Å²) in [6.45, 7) is 2.05. The van der Waals surface area contributed by atoms with Crippen molar-refractivity contribution in [3.63, 3.8) is 0 Å². The fourth-order valence-corrected chi connectivity index (χ4v) is 1.75. The SMILES string of the molecule is CSc1ccc(CNC(=S)NC(C)=O)cc1. The topological polar surface area (TPSA) is 41.1 Å². The number of thioether (sulfide) groups is 1. The number of amides is 1. The van der Waals surface area contributed by atoms with Crippen LogP contribution in [0.2, 0.25) is 0 Å².